The van der Waals surface area contributed by atoms with Crippen LogP contribution in [0.2, 0.25) is 0 Å². The van der Waals surface area contributed by atoms with Crippen LogP contribution in [-0.2, 0) is 19.1 Å². The van der Waals surface area contributed by atoms with E-state index in [9.17, 15) is 9.59 Å². The molecule has 0 spiro atoms. The molecule has 0 fully saturated rings. The third-order valence-corrected chi connectivity index (χ3v) is 1.76. The monoisotopic (exact) mass is 227 g/mol. The number of azide groups is 1. The zero-order valence-electron chi connectivity index (χ0n) is 9.12. The van der Waals surface area contributed by atoms with Crippen molar-refractivity contribution in [3.63, 3.8) is 0 Å². The van der Waals surface area contributed by atoms with Crippen LogP contribution in [0.1, 0.15) is 6.42 Å². The van der Waals surface area contributed by atoms with Crippen molar-refractivity contribution in [1.82, 2.24) is 0 Å². The molecule has 0 bridgehead atoms. The van der Waals surface area contributed by atoms with E-state index in [0.29, 0.717) is 0 Å². The Morgan fingerprint density at radius 3 is 2.31 bits per heavy atom. The first kappa shape index (κ1) is 14.0. The molecular formula is C9H13N3O4. The van der Waals surface area contributed by atoms with Gasteiger partial charge in [0.25, 0.3) is 0 Å². The first-order valence-corrected chi connectivity index (χ1v) is 4.48. The Kier molecular flexibility index (Phi) is 7.27. The lowest BCUT2D eigenvalue weighted by Crippen LogP contribution is -2.25. The lowest BCUT2D eigenvalue weighted by Gasteiger charge is -2.09. The van der Waals surface area contributed by atoms with E-state index in [4.69, 9.17) is 5.53 Å². The molecule has 0 aromatic rings. The molecular weight excluding hydrogens is 214 g/mol. The average Bonchev–Trinajstić information content (AvgIpc) is 2.32. The van der Waals surface area contributed by atoms with Crippen LogP contribution < -0.4 is 0 Å². The molecule has 7 heteroatoms. The highest BCUT2D eigenvalue weighted by molar-refractivity contribution is 5.94. The zero-order chi connectivity index (χ0) is 12.4. The van der Waals surface area contributed by atoms with Crippen LogP contribution in [0.5, 0.6) is 0 Å². The minimum Gasteiger partial charge on any atom is -0.468 e. The number of allylic oxidation sites excluding steroid dienone is 1. The third kappa shape index (κ3) is 5.02. The van der Waals surface area contributed by atoms with Gasteiger partial charge in [-0.3, -0.25) is 9.59 Å². The molecule has 0 aromatic heterocycles. The van der Waals surface area contributed by atoms with E-state index in [0.717, 1.165) is 0 Å². The van der Waals surface area contributed by atoms with E-state index in [2.05, 4.69) is 19.5 Å². The summed E-state index contributed by atoms with van der Waals surface area (Å²) in [7, 11) is 2.39. The maximum atomic E-state index is 11.2. The van der Waals surface area contributed by atoms with E-state index in [1.165, 1.54) is 14.2 Å². The molecule has 0 aliphatic rings. The highest BCUT2D eigenvalue weighted by Crippen LogP contribution is 2.08. The predicted octanol–water partition coefficient (Wildman–Crippen LogP) is 1.21. The van der Waals surface area contributed by atoms with Crippen molar-refractivity contribution in [3.05, 3.63) is 22.6 Å². The molecule has 0 aliphatic carbocycles. The fourth-order valence-corrected chi connectivity index (χ4v) is 0.964. The van der Waals surface area contributed by atoms with Gasteiger partial charge in [0.2, 0.25) is 0 Å². The minimum absolute atomic E-state index is 0.153. The summed E-state index contributed by atoms with van der Waals surface area (Å²) in [6.07, 6.45) is 3.27. The van der Waals surface area contributed by atoms with Crippen LogP contribution in [-0.4, -0.2) is 32.7 Å². The third-order valence-electron chi connectivity index (χ3n) is 1.76. The van der Waals surface area contributed by atoms with Gasteiger partial charge >= 0.3 is 11.9 Å². The Bertz CT molecular complexity index is 305. The van der Waals surface area contributed by atoms with Gasteiger partial charge in [-0.25, -0.2) is 0 Å². The Morgan fingerprint density at radius 2 is 1.88 bits per heavy atom. The fourth-order valence-electron chi connectivity index (χ4n) is 0.964. The molecule has 0 aliphatic heterocycles. The van der Waals surface area contributed by atoms with E-state index in [1.54, 1.807) is 12.2 Å². The van der Waals surface area contributed by atoms with E-state index < -0.39 is 17.9 Å². The second kappa shape index (κ2) is 8.31. The van der Waals surface area contributed by atoms with E-state index in [1.807, 2.05) is 0 Å². The Balaban J connectivity index is 4.32. The van der Waals surface area contributed by atoms with Crippen LogP contribution in [0, 0.1) is 5.92 Å². The number of hydrogen-bond donors (Lipinski definition) is 0. The van der Waals surface area contributed by atoms with Crippen molar-refractivity contribution < 1.29 is 19.1 Å². The number of carbonyl (C=O) groups excluding carboxylic acids is 2. The van der Waals surface area contributed by atoms with Crippen LogP contribution in [0.4, 0.5) is 0 Å². The van der Waals surface area contributed by atoms with Crippen LogP contribution >= 0.6 is 0 Å². The predicted molar refractivity (Wildman–Crippen MR) is 55.3 cm³/mol. The molecule has 0 heterocycles. The molecule has 16 heavy (non-hydrogen) atoms. The maximum Gasteiger partial charge on any atom is 0.320 e. The fraction of sp³-hybridized carbons (Fsp3) is 0.556. The summed E-state index contributed by atoms with van der Waals surface area (Å²) in [4.78, 5) is 24.9. The number of hydrogen-bond acceptors (Lipinski definition) is 5. The normalized spacial score (nSPS) is 9.94. The molecule has 0 saturated carbocycles. The quantitative estimate of drug-likeness (QED) is 0.170. The summed E-state index contributed by atoms with van der Waals surface area (Å²) < 4.78 is 8.92. The minimum atomic E-state index is -0.975. The summed E-state index contributed by atoms with van der Waals surface area (Å²) in [5.74, 6) is -2.28. The molecule has 0 rings (SSSR count). The van der Waals surface area contributed by atoms with E-state index >= 15 is 0 Å². The second-order valence-corrected chi connectivity index (χ2v) is 2.72. The molecule has 88 valence electrons. The molecule has 0 radical (unpaired) electrons. The van der Waals surface area contributed by atoms with Gasteiger partial charge in [-0.2, -0.15) is 0 Å². The van der Waals surface area contributed by atoms with Crippen molar-refractivity contribution in [2.75, 3.05) is 20.8 Å². The van der Waals surface area contributed by atoms with Crippen molar-refractivity contribution >= 4 is 11.9 Å². The molecule has 0 saturated heterocycles. The van der Waals surface area contributed by atoms with Gasteiger partial charge in [0.15, 0.2) is 5.92 Å². The highest BCUT2D eigenvalue weighted by atomic mass is 16.5. The number of methoxy groups -OCH3 is 2. The van der Waals surface area contributed by atoms with Gasteiger partial charge in [0, 0.05) is 11.5 Å². The lowest BCUT2D eigenvalue weighted by atomic mass is 10.1. The number of esters is 2. The first-order valence-electron chi connectivity index (χ1n) is 4.48. The van der Waals surface area contributed by atoms with E-state index in [-0.39, 0.29) is 13.0 Å². The molecule has 0 N–H and O–H groups in total. The average molecular weight is 227 g/mol. The number of rotatable bonds is 6. The van der Waals surface area contributed by atoms with Crippen molar-refractivity contribution in [1.29, 1.82) is 0 Å². The molecule has 0 aromatic carbocycles. The lowest BCUT2D eigenvalue weighted by molar-refractivity contribution is -0.158. The zero-order valence-corrected chi connectivity index (χ0v) is 9.12. The van der Waals surface area contributed by atoms with Crippen molar-refractivity contribution in [3.8, 4) is 0 Å². The van der Waals surface area contributed by atoms with Gasteiger partial charge in [-0.05, 0) is 12.0 Å². The van der Waals surface area contributed by atoms with Crippen molar-refractivity contribution in [2.24, 2.45) is 11.0 Å². The van der Waals surface area contributed by atoms with Crippen molar-refractivity contribution in [2.45, 2.75) is 6.42 Å². The summed E-state index contributed by atoms with van der Waals surface area (Å²) in [5.41, 5.74) is 8.00. The molecule has 7 nitrogen and oxygen atoms in total. The Labute approximate surface area is 92.7 Å². The molecule has 0 unspecified atom stereocenters. The standard InChI is InChI=1S/C9H13N3O4/c1-15-8(13)7(9(14)16-2)5-3-4-6-11-12-10/h3-4,7H,5-6H2,1-2H3/b4-3-. The van der Waals surface area contributed by atoms with Gasteiger partial charge in [-0.1, -0.05) is 17.3 Å². The smallest absolute Gasteiger partial charge is 0.320 e. The first-order chi connectivity index (χ1) is 7.67. The Morgan fingerprint density at radius 1 is 1.31 bits per heavy atom. The van der Waals surface area contributed by atoms with Gasteiger partial charge < -0.3 is 9.47 Å². The van der Waals surface area contributed by atoms with Crippen LogP contribution in [0.15, 0.2) is 17.3 Å². The number of carbonyl (C=O) groups is 2. The second-order valence-electron chi connectivity index (χ2n) is 2.72. The largest absolute Gasteiger partial charge is 0.468 e. The molecule has 0 amide bonds. The maximum absolute atomic E-state index is 11.2. The summed E-state index contributed by atoms with van der Waals surface area (Å²) in [6, 6.07) is 0. The SMILES string of the molecule is COC(=O)C(C/C=C\CN=[N+]=[N-])C(=O)OC. The van der Waals surface area contributed by atoms with Crippen LogP contribution in [0.25, 0.3) is 10.4 Å². The summed E-state index contributed by atoms with van der Waals surface area (Å²) in [6.45, 7) is 0.172. The van der Waals surface area contributed by atoms with Gasteiger partial charge in [0.1, 0.15) is 0 Å². The Hall–Kier alpha value is -2.01. The van der Waals surface area contributed by atoms with Gasteiger partial charge in [0.05, 0.1) is 14.2 Å². The van der Waals surface area contributed by atoms with Crippen LogP contribution in [0.3, 0.4) is 0 Å². The van der Waals surface area contributed by atoms with Gasteiger partial charge in [-0.15, -0.1) is 0 Å². The highest BCUT2D eigenvalue weighted by Gasteiger charge is 2.26. The number of ether oxygens (including phenoxy) is 2. The number of nitrogens with zero attached hydrogens (tertiary/aromatic N) is 3. The summed E-state index contributed by atoms with van der Waals surface area (Å²) >= 11 is 0. The topological polar surface area (TPSA) is 101 Å². The summed E-state index contributed by atoms with van der Waals surface area (Å²) in [5, 5.41) is 3.26. The molecule has 0 atom stereocenters.